The van der Waals surface area contributed by atoms with Crippen molar-refractivity contribution in [3.63, 3.8) is 0 Å². The highest BCUT2D eigenvalue weighted by Gasteiger charge is 2.32. The summed E-state index contributed by atoms with van der Waals surface area (Å²) >= 11 is 6.24. The fourth-order valence-corrected chi connectivity index (χ4v) is 3.13. The summed E-state index contributed by atoms with van der Waals surface area (Å²) in [6, 6.07) is 0. The standard InChI is InChI=1S/C17H30ClNO2/c1-5-7-9-10-11-13-17(3,12-8-6-2)14-15(18)21-16(19-14)20-4/h5-13H2,1-4H3. The van der Waals surface area contributed by atoms with Gasteiger partial charge < -0.3 is 9.15 Å². The summed E-state index contributed by atoms with van der Waals surface area (Å²) in [5.74, 6) is 0. The lowest BCUT2D eigenvalue weighted by atomic mass is 9.77. The zero-order valence-corrected chi connectivity index (χ0v) is 14.8. The number of oxazole rings is 1. The molecular weight excluding hydrogens is 286 g/mol. The molecule has 1 atom stereocenters. The molecule has 0 aliphatic carbocycles. The summed E-state index contributed by atoms with van der Waals surface area (Å²) in [5, 5.41) is 0.388. The highest BCUT2D eigenvalue weighted by molar-refractivity contribution is 6.29. The lowest BCUT2D eigenvalue weighted by Crippen LogP contribution is -2.23. The van der Waals surface area contributed by atoms with Crippen molar-refractivity contribution in [2.45, 2.75) is 84.0 Å². The van der Waals surface area contributed by atoms with Gasteiger partial charge in [0.25, 0.3) is 0 Å². The second kappa shape index (κ2) is 9.34. The van der Waals surface area contributed by atoms with E-state index in [1.165, 1.54) is 44.9 Å². The van der Waals surface area contributed by atoms with Gasteiger partial charge in [-0.3, -0.25) is 0 Å². The maximum atomic E-state index is 6.24. The van der Waals surface area contributed by atoms with Crippen molar-refractivity contribution in [3.05, 3.63) is 10.9 Å². The van der Waals surface area contributed by atoms with Gasteiger partial charge in [-0.05, 0) is 24.4 Å². The Morgan fingerprint density at radius 2 is 1.67 bits per heavy atom. The molecule has 0 aromatic carbocycles. The Morgan fingerprint density at radius 3 is 2.24 bits per heavy atom. The third kappa shape index (κ3) is 5.54. The van der Waals surface area contributed by atoms with Crippen LogP contribution < -0.4 is 4.74 Å². The van der Waals surface area contributed by atoms with Crippen molar-refractivity contribution >= 4 is 11.6 Å². The minimum atomic E-state index is -0.0143. The number of methoxy groups -OCH3 is 1. The van der Waals surface area contributed by atoms with Gasteiger partial charge in [-0.25, -0.2) is 0 Å². The number of rotatable bonds is 11. The van der Waals surface area contributed by atoms with Crippen LogP contribution >= 0.6 is 11.6 Å². The Balaban J connectivity index is 2.74. The van der Waals surface area contributed by atoms with Gasteiger partial charge >= 0.3 is 6.08 Å². The van der Waals surface area contributed by atoms with Crippen molar-refractivity contribution in [3.8, 4) is 6.08 Å². The molecule has 21 heavy (non-hydrogen) atoms. The van der Waals surface area contributed by atoms with Crippen molar-refractivity contribution in [2.24, 2.45) is 0 Å². The molecule has 0 amide bonds. The predicted octanol–water partition coefficient (Wildman–Crippen LogP) is 6.15. The lowest BCUT2D eigenvalue weighted by molar-refractivity contribution is 0.290. The number of aromatic nitrogens is 1. The topological polar surface area (TPSA) is 35.3 Å². The molecule has 0 bridgehead atoms. The number of halogens is 1. The number of nitrogens with zero attached hydrogens (tertiary/aromatic N) is 1. The second-order valence-corrected chi connectivity index (χ2v) is 6.48. The van der Waals surface area contributed by atoms with Crippen LogP contribution in [-0.2, 0) is 5.41 Å². The third-order valence-electron chi connectivity index (χ3n) is 4.23. The minimum Gasteiger partial charge on any atom is -0.453 e. The summed E-state index contributed by atoms with van der Waals surface area (Å²) in [5.41, 5.74) is 0.851. The van der Waals surface area contributed by atoms with E-state index in [4.69, 9.17) is 20.8 Å². The molecule has 3 nitrogen and oxygen atoms in total. The molecule has 0 radical (unpaired) electrons. The smallest absolute Gasteiger partial charge is 0.394 e. The molecule has 0 saturated heterocycles. The van der Waals surface area contributed by atoms with E-state index in [0.717, 1.165) is 18.5 Å². The molecule has 0 saturated carbocycles. The first kappa shape index (κ1) is 18.3. The summed E-state index contributed by atoms with van der Waals surface area (Å²) < 4.78 is 10.4. The molecule has 0 aliphatic heterocycles. The third-order valence-corrected chi connectivity index (χ3v) is 4.48. The van der Waals surface area contributed by atoms with Gasteiger partial charge in [-0.2, -0.15) is 4.98 Å². The van der Waals surface area contributed by atoms with E-state index in [1.54, 1.807) is 7.11 Å². The Kier molecular flexibility index (Phi) is 8.16. The van der Waals surface area contributed by atoms with Crippen LogP contribution in [0.5, 0.6) is 6.08 Å². The number of ether oxygens (including phenoxy) is 1. The number of unbranched alkanes of at least 4 members (excludes halogenated alkanes) is 5. The van der Waals surface area contributed by atoms with Crippen LogP contribution in [0.15, 0.2) is 4.42 Å². The fourth-order valence-electron chi connectivity index (χ4n) is 2.79. The maximum absolute atomic E-state index is 6.24. The first-order chi connectivity index (χ1) is 10.1. The Labute approximate surface area is 134 Å². The van der Waals surface area contributed by atoms with E-state index in [-0.39, 0.29) is 11.5 Å². The number of hydrogen-bond acceptors (Lipinski definition) is 3. The molecule has 122 valence electrons. The molecule has 1 unspecified atom stereocenters. The van der Waals surface area contributed by atoms with Gasteiger partial charge in [-0.15, -0.1) is 0 Å². The predicted molar refractivity (Wildman–Crippen MR) is 88.3 cm³/mol. The molecule has 1 heterocycles. The second-order valence-electron chi connectivity index (χ2n) is 6.13. The maximum Gasteiger partial charge on any atom is 0.394 e. The first-order valence-electron chi connectivity index (χ1n) is 8.28. The molecule has 0 spiro atoms. The Hall–Kier alpha value is -0.700. The molecule has 0 N–H and O–H groups in total. The molecule has 4 heteroatoms. The van der Waals surface area contributed by atoms with E-state index < -0.39 is 0 Å². The van der Waals surface area contributed by atoms with Crippen LogP contribution in [0.1, 0.15) is 84.3 Å². The van der Waals surface area contributed by atoms with Crippen molar-refractivity contribution in [2.75, 3.05) is 7.11 Å². The van der Waals surface area contributed by atoms with Crippen LogP contribution in [0.25, 0.3) is 0 Å². The van der Waals surface area contributed by atoms with E-state index in [9.17, 15) is 0 Å². The van der Waals surface area contributed by atoms with Crippen LogP contribution in [0, 0.1) is 0 Å². The average molecular weight is 316 g/mol. The fraction of sp³-hybridized carbons (Fsp3) is 0.824. The first-order valence-corrected chi connectivity index (χ1v) is 8.66. The van der Waals surface area contributed by atoms with E-state index in [1.807, 2.05) is 0 Å². The van der Waals surface area contributed by atoms with Gasteiger partial charge in [0.1, 0.15) is 5.69 Å². The molecule has 0 aliphatic rings. The average Bonchev–Trinajstić information content (AvgIpc) is 2.87. The zero-order valence-electron chi connectivity index (χ0n) is 14.0. The van der Waals surface area contributed by atoms with Gasteiger partial charge in [0, 0.05) is 5.41 Å². The highest BCUT2D eigenvalue weighted by Crippen LogP contribution is 2.40. The van der Waals surface area contributed by atoms with Crippen molar-refractivity contribution < 1.29 is 9.15 Å². The minimum absolute atomic E-state index is 0.0143. The highest BCUT2D eigenvalue weighted by atomic mass is 35.5. The van der Waals surface area contributed by atoms with E-state index >= 15 is 0 Å². The van der Waals surface area contributed by atoms with Crippen LogP contribution in [0.2, 0.25) is 5.22 Å². The Bertz CT molecular complexity index is 405. The molecule has 0 fully saturated rings. The van der Waals surface area contributed by atoms with Gasteiger partial charge in [-0.1, -0.05) is 65.7 Å². The van der Waals surface area contributed by atoms with Gasteiger partial charge in [0.05, 0.1) is 7.11 Å². The molecule has 1 aromatic heterocycles. The van der Waals surface area contributed by atoms with Crippen molar-refractivity contribution in [1.82, 2.24) is 4.98 Å². The summed E-state index contributed by atoms with van der Waals surface area (Å²) in [6.07, 6.45) is 11.2. The SMILES string of the molecule is CCCCCCCC(C)(CCCC)c1nc(OC)oc1Cl. The van der Waals surface area contributed by atoms with E-state index in [0.29, 0.717) is 5.22 Å². The van der Waals surface area contributed by atoms with Crippen molar-refractivity contribution in [1.29, 1.82) is 0 Å². The quantitative estimate of drug-likeness (QED) is 0.460. The summed E-state index contributed by atoms with van der Waals surface area (Å²) in [4.78, 5) is 4.45. The number of hydrogen-bond donors (Lipinski definition) is 0. The Morgan fingerprint density at radius 1 is 1.05 bits per heavy atom. The van der Waals surface area contributed by atoms with Gasteiger partial charge in [0.2, 0.25) is 5.22 Å². The zero-order chi connectivity index (χ0) is 15.7. The lowest BCUT2D eigenvalue weighted by Gasteiger charge is -2.27. The van der Waals surface area contributed by atoms with Crippen LogP contribution in [0.4, 0.5) is 0 Å². The van der Waals surface area contributed by atoms with Crippen LogP contribution in [-0.4, -0.2) is 12.1 Å². The molecule has 1 aromatic rings. The summed E-state index contributed by atoms with van der Waals surface area (Å²) in [6.45, 7) is 6.71. The summed E-state index contributed by atoms with van der Waals surface area (Å²) in [7, 11) is 1.56. The van der Waals surface area contributed by atoms with Gasteiger partial charge in [0.15, 0.2) is 0 Å². The molecular formula is C17H30ClNO2. The monoisotopic (exact) mass is 315 g/mol. The van der Waals surface area contributed by atoms with E-state index in [2.05, 4.69) is 25.8 Å². The van der Waals surface area contributed by atoms with Crippen LogP contribution in [0.3, 0.4) is 0 Å². The largest absolute Gasteiger partial charge is 0.453 e. The normalized spacial score (nSPS) is 14.1. The molecule has 1 rings (SSSR count).